The second-order valence-corrected chi connectivity index (χ2v) is 7.44. The van der Waals surface area contributed by atoms with Crippen molar-refractivity contribution in [2.75, 3.05) is 0 Å². The first-order chi connectivity index (χ1) is 13.8. The van der Waals surface area contributed by atoms with Crippen molar-refractivity contribution in [3.8, 4) is 22.1 Å². The molecule has 5 aromatic heterocycles. The Balaban J connectivity index is 1.60. The third-order valence-electron chi connectivity index (χ3n) is 4.77. The molecule has 6 rings (SSSR count). The molecule has 0 saturated heterocycles. The molecule has 0 unspecified atom stereocenters. The third-order valence-corrected chi connectivity index (χ3v) is 5.70. The Kier molecular flexibility index (Phi) is 3.12. The number of fused-ring (bicyclic) bond motifs is 3. The van der Waals surface area contributed by atoms with Crippen LogP contribution in [0.2, 0.25) is 0 Å². The normalized spacial score (nSPS) is 11.8. The minimum atomic E-state index is 0.682. The molecule has 0 atom stereocenters. The number of para-hydroxylation sites is 1. The van der Waals surface area contributed by atoms with Crippen molar-refractivity contribution in [2.45, 2.75) is 6.92 Å². The summed E-state index contributed by atoms with van der Waals surface area (Å²) in [5, 5.41) is 15.5. The highest BCUT2D eigenvalue weighted by atomic mass is 32.1. The van der Waals surface area contributed by atoms with Crippen LogP contribution in [0.15, 0.2) is 60.9 Å². The van der Waals surface area contributed by atoms with Crippen molar-refractivity contribution in [3.63, 3.8) is 0 Å². The van der Waals surface area contributed by atoms with Gasteiger partial charge in [-0.1, -0.05) is 35.6 Å². The lowest BCUT2D eigenvalue weighted by Gasteiger charge is -2.02. The second kappa shape index (κ2) is 5.67. The Hall–Kier alpha value is -3.65. The van der Waals surface area contributed by atoms with Gasteiger partial charge in [-0.15, -0.1) is 10.2 Å². The number of hydrogen-bond donors (Lipinski definition) is 0. The largest absolute Gasteiger partial charge is 0.297 e. The maximum Gasteiger partial charge on any atom is 0.235 e. The van der Waals surface area contributed by atoms with E-state index in [4.69, 9.17) is 5.10 Å². The van der Waals surface area contributed by atoms with Crippen LogP contribution in [0.1, 0.15) is 5.69 Å². The monoisotopic (exact) mass is 383 g/mol. The molecule has 5 heterocycles. The lowest BCUT2D eigenvalue weighted by atomic mass is 10.1. The van der Waals surface area contributed by atoms with Gasteiger partial charge in [0.05, 0.1) is 11.2 Å². The molecule has 7 nitrogen and oxygen atoms in total. The molecule has 0 saturated carbocycles. The number of aromatic nitrogens is 7. The zero-order valence-corrected chi connectivity index (χ0v) is 15.6. The standard InChI is InChI=1S/C20H13N7S/c1-12-17(26-11-3-2-9-15(26)22-12)18-23-24-20-27(18)25-19(28-20)14-8-4-6-13-7-5-10-21-16(13)14/h2-11H,1H3. The number of benzene rings is 1. The molecule has 134 valence electrons. The fourth-order valence-electron chi connectivity index (χ4n) is 3.53. The van der Waals surface area contributed by atoms with Crippen LogP contribution < -0.4 is 0 Å². The van der Waals surface area contributed by atoms with Gasteiger partial charge in [0.15, 0.2) is 0 Å². The maximum absolute atomic E-state index is 4.83. The SMILES string of the molecule is Cc1nc2ccccn2c1-c1nnc2sc(-c3cccc4cccnc34)nn12. The summed E-state index contributed by atoms with van der Waals surface area (Å²) in [5.41, 5.74) is 4.59. The predicted molar refractivity (Wildman–Crippen MR) is 108 cm³/mol. The lowest BCUT2D eigenvalue weighted by molar-refractivity contribution is 0.954. The van der Waals surface area contributed by atoms with E-state index >= 15 is 0 Å². The zero-order valence-electron chi connectivity index (χ0n) is 14.8. The summed E-state index contributed by atoms with van der Waals surface area (Å²) in [5.74, 6) is 0.682. The Bertz CT molecular complexity index is 1490. The van der Waals surface area contributed by atoms with Crippen molar-refractivity contribution >= 4 is 32.8 Å². The van der Waals surface area contributed by atoms with Crippen molar-refractivity contribution < 1.29 is 0 Å². The Morgan fingerprint density at radius 3 is 2.86 bits per heavy atom. The van der Waals surface area contributed by atoms with Gasteiger partial charge in [-0.3, -0.25) is 9.38 Å². The molecule has 0 N–H and O–H groups in total. The van der Waals surface area contributed by atoms with Crippen LogP contribution in [0.4, 0.5) is 0 Å². The van der Waals surface area contributed by atoms with Gasteiger partial charge in [-0.2, -0.15) is 9.61 Å². The molecule has 0 aliphatic rings. The quantitative estimate of drug-likeness (QED) is 0.451. The Labute approximate surface area is 163 Å². The number of imidazole rings is 1. The average molecular weight is 383 g/mol. The summed E-state index contributed by atoms with van der Waals surface area (Å²) >= 11 is 1.50. The van der Waals surface area contributed by atoms with Gasteiger partial charge in [0.1, 0.15) is 16.3 Å². The van der Waals surface area contributed by atoms with Gasteiger partial charge in [0.2, 0.25) is 10.8 Å². The molecular weight excluding hydrogens is 370 g/mol. The van der Waals surface area contributed by atoms with E-state index in [0.717, 1.165) is 43.5 Å². The summed E-state index contributed by atoms with van der Waals surface area (Å²) < 4.78 is 3.81. The van der Waals surface area contributed by atoms with Gasteiger partial charge >= 0.3 is 0 Å². The number of nitrogens with zero attached hydrogens (tertiary/aromatic N) is 7. The number of aryl methyl sites for hydroxylation is 1. The van der Waals surface area contributed by atoms with Crippen molar-refractivity contribution in [1.82, 2.24) is 34.2 Å². The topological polar surface area (TPSA) is 73.3 Å². The summed E-state index contributed by atoms with van der Waals surface area (Å²) in [6.07, 6.45) is 3.78. The zero-order chi connectivity index (χ0) is 18.7. The highest BCUT2D eigenvalue weighted by molar-refractivity contribution is 7.19. The van der Waals surface area contributed by atoms with Gasteiger partial charge in [-0.25, -0.2) is 4.98 Å². The van der Waals surface area contributed by atoms with E-state index in [0.29, 0.717) is 5.82 Å². The Morgan fingerprint density at radius 1 is 0.964 bits per heavy atom. The van der Waals surface area contributed by atoms with Gasteiger partial charge in [0.25, 0.3) is 0 Å². The second-order valence-electron chi connectivity index (χ2n) is 6.48. The van der Waals surface area contributed by atoms with Gasteiger partial charge < -0.3 is 0 Å². The fourth-order valence-corrected chi connectivity index (χ4v) is 4.40. The summed E-state index contributed by atoms with van der Waals surface area (Å²) in [7, 11) is 0. The number of rotatable bonds is 2. The smallest absolute Gasteiger partial charge is 0.235 e. The van der Waals surface area contributed by atoms with Crippen molar-refractivity contribution in [3.05, 3.63) is 66.6 Å². The lowest BCUT2D eigenvalue weighted by Crippen LogP contribution is -1.96. The third kappa shape index (κ3) is 2.12. The van der Waals surface area contributed by atoms with E-state index in [9.17, 15) is 0 Å². The van der Waals surface area contributed by atoms with Crippen LogP contribution in [0.5, 0.6) is 0 Å². The molecule has 0 aliphatic heterocycles. The van der Waals surface area contributed by atoms with Crippen molar-refractivity contribution in [2.24, 2.45) is 0 Å². The maximum atomic E-state index is 4.83. The van der Waals surface area contributed by atoms with Crippen LogP contribution in [0.3, 0.4) is 0 Å². The van der Waals surface area contributed by atoms with E-state index < -0.39 is 0 Å². The van der Waals surface area contributed by atoms with E-state index in [1.165, 1.54) is 11.3 Å². The Morgan fingerprint density at radius 2 is 1.89 bits per heavy atom. The first kappa shape index (κ1) is 15.4. The fraction of sp³-hybridized carbons (Fsp3) is 0.0500. The molecule has 0 bridgehead atoms. The van der Waals surface area contributed by atoms with E-state index in [1.807, 2.05) is 53.9 Å². The van der Waals surface area contributed by atoms with E-state index in [1.54, 1.807) is 10.7 Å². The average Bonchev–Trinajstić information content (AvgIpc) is 3.39. The first-order valence-electron chi connectivity index (χ1n) is 8.80. The van der Waals surface area contributed by atoms with Gasteiger partial charge in [0, 0.05) is 23.3 Å². The molecule has 0 amide bonds. The molecule has 0 fully saturated rings. The minimum absolute atomic E-state index is 0.682. The van der Waals surface area contributed by atoms with E-state index in [-0.39, 0.29) is 0 Å². The summed E-state index contributed by atoms with van der Waals surface area (Å²) in [6.45, 7) is 1.98. The molecule has 0 spiro atoms. The van der Waals surface area contributed by atoms with Gasteiger partial charge in [-0.05, 0) is 31.2 Å². The molecule has 0 radical (unpaired) electrons. The predicted octanol–water partition coefficient (Wildman–Crippen LogP) is 4.02. The number of pyridine rings is 2. The molecule has 1 aromatic carbocycles. The number of hydrogen-bond acceptors (Lipinski definition) is 6. The molecule has 6 aromatic rings. The first-order valence-corrected chi connectivity index (χ1v) is 9.62. The molecule has 0 aliphatic carbocycles. The molecule has 28 heavy (non-hydrogen) atoms. The van der Waals surface area contributed by atoms with Crippen LogP contribution in [0, 0.1) is 6.92 Å². The highest BCUT2D eigenvalue weighted by Gasteiger charge is 2.20. The molecule has 8 heteroatoms. The van der Waals surface area contributed by atoms with Crippen LogP contribution >= 0.6 is 11.3 Å². The summed E-state index contributed by atoms with van der Waals surface area (Å²) in [6, 6.07) is 16.0. The summed E-state index contributed by atoms with van der Waals surface area (Å²) in [4.78, 5) is 9.92. The van der Waals surface area contributed by atoms with Crippen LogP contribution in [-0.2, 0) is 0 Å². The van der Waals surface area contributed by atoms with Crippen LogP contribution in [-0.4, -0.2) is 34.2 Å². The van der Waals surface area contributed by atoms with Crippen molar-refractivity contribution in [1.29, 1.82) is 0 Å². The van der Waals surface area contributed by atoms with Crippen LogP contribution in [0.25, 0.3) is 43.6 Å². The molecular formula is C20H13N7S. The highest BCUT2D eigenvalue weighted by Crippen LogP contribution is 2.32. The van der Waals surface area contributed by atoms with E-state index in [2.05, 4.69) is 32.3 Å². The minimum Gasteiger partial charge on any atom is -0.297 e.